The van der Waals surface area contributed by atoms with Gasteiger partial charge in [-0.05, 0) is 44.9 Å². The van der Waals surface area contributed by atoms with Crippen molar-refractivity contribution < 1.29 is 23.8 Å². The van der Waals surface area contributed by atoms with Gasteiger partial charge < -0.3 is 19.5 Å². The number of amides is 1. The zero-order valence-corrected chi connectivity index (χ0v) is 14.8. The largest absolute Gasteiger partial charge is 0.497 e. The van der Waals surface area contributed by atoms with Gasteiger partial charge in [-0.25, -0.2) is 9.59 Å². The lowest BCUT2D eigenvalue weighted by Crippen LogP contribution is -2.39. The Bertz CT molecular complexity index is 572. The number of nitrogens with one attached hydrogen (secondary N) is 1. The predicted molar refractivity (Wildman–Crippen MR) is 91.0 cm³/mol. The average Bonchev–Trinajstić information content (AvgIpc) is 2.51. The van der Waals surface area contributed by atoms with Gasteiger partial charge in [0.2, 0.25) is 0 Å². The lowest BCUT2D eigenvalue weighted by molar-refractivity contribution is -0.134. The van der Waals surface area contributed by atoms with Gasteiger partial charge in [0, 0.05) is 6.08 Å². The zero-order valence-electron chi connectivity index (χ0n) is 14.8. The van der Waals surface area contributed by atoms with E-state index in [9.17, 15) is 9.59 Å². The lowest BCUT2D eigenvalue weighted by atomic mass is 10.1. The van der Waals surface area contributed by atoms with Crippen LogP contribution >= 0.6 is 0 Å². The molecule has 0 unspecified atom stereocenters. The first-order chi connectivity index (χ1) is 11.2. The Labute approximate surface area is 142 Å². The summed E-state index contributed by atoms with van der Waals surface area (Å²) in [6, 6.07) is 7.06. The van der Waals surface area contributed by atoms with Crippen molar-refractivity contribution in [1.29, 1.82) is 0 Å². The number of benzene rings is 1. The standard InChI is InChI=1S/C18H25NO5/c1-18(2,3)24-17(21)19-14(8-11-16(20)23-5)12-13-6-9-15(22-4)10-7-13/h6-11,14H,12H2,1-5H3,(H,19,21)/b11-8+/t14-/m1/s1. The highest BCUT2D eigenvalue weighted by atomic mass is 16.6. The second-order valence-corrected chi connectivity index (χ2v) is 6.19. The van der Waals surface area contributed by atoms with Crippen LogP contribution in [0.15, 0.2) is 36.4 Å². The van der Waals surface area contributed by atoms with E-state index in [4.69, 9.17) is 9.47 Å². The Morgan fingerprint density at radius 1 is 1.17 bits per heavy atom. The highest BCUT2D eigenvalue weighted by Crippen LogP contribution is 2.14. The molecule has 1 rings (SSSR count). The van der Waals surface area contributed by atoms with Gasteiger partial charge in [0.25, 0.3) is 0 Å². The summed E-state index contributed by atoms with van der Waals surface area (Å²) in [4.78, 5) is 23.3. The molecule has 0 spiro atoms. The molecule has 0 heterocycles. The van der Waals surface area contributed by atoms with Crippen LogP contribution < -0.4 is 10.1 Å². The molecule has 132 valence electrons. The molecule has 0 fully saturated rings. The molecule has 0 aromatic heterocycles. The van der Waals surface area contributed by atoms with Gasteiger partial charge in [-0.1, -0.05) is 18.2 Å². The maximum absolute atomic E-state index is 12.0. The number of esters is 1. The van der Waals surface area contributed by atoms with Crippen LogP contribution in [-0.4, -0.2) is 37.9 Å². The topological polar surface area (TPSA) is 73.9 Å². The molecule has 0 radical (unpaired) electrons. The molecule has 6 nitrogen and oxygen atoms in total. The summed E-state index contributed by atoms with van der Waals surface area (Å²) < 4.78 is 15.0. The van der Waals surface area contributed by atoms with E-state index in [-0.39, 0.29) is 0 Å². The normalized spacial score (nSPS) is 12.5. The number of methoxy groups -OCH3 is 2. The molecular formula is C18H25NO5. The van der Waals surface area contributed by atoms with E-state index in [1.807, 2.05) is 24.3 Å². The van der Waals surface area contributed by atoms with Gasteiger partial charge in [0.15, 0.2) is 0 Å². The monoisotopic (exact) mass is 335 g/mol. The first-order valence-corrected chi connectivity index (χ1v) is 7.62. The van der Waals surface area contributed by atoms with E-state index in [2.05, 4.69) is 10.1 Å². The summed E-state index contributed by atoms with van der Waals surface area (Å²) in [5.74, 6) is 0.265. The van der Waals surface area contributed by atoms with Crippen LogP contribution in [0.3, 0.4) is 0 Å². The molecule has 0 aliphatic heterocycles. The highest BCUT2D eigenvalue weighted by Gasteiger charge is 2.18. The van der Waals surface area contributed by atoms with Crippen molar-refractivity contribution in [2.45, 2.75) is 38.8 Å². The SMILES string of the molecule is COC(=O)/C=C/[C@H](Cc1ccc(OC)cc1)NC(=O)OC(C)(C)C. The van der Waals surface area contributed by atoms with Gasteiger partial charge in [0.05, 0.1) is 20.3 Å². The minimum Gasteiger partial charge on any atom is -0.497 e. The Morgan fingerprint density at radius 3 is 2.29 bits per heavy atom. The van der Waals surface area contributed by atoms with Crippen LogP contribution in [0.25, 0.3) is 0 Å². The van der Waals surface area contributed by atoms with Gasteiger partial charge in [-0.2, -0.15) is 0 Å². The third-order valence-corrected chi connectivity index (χ3v) is 2.98. The van der Waals surface area contributed by atoms with E-state index in [0.29, 0.717) is 6.42 Å². The number of alkyl carbamates (subject to hydrolysis) is 1. The molecule has 1 N–H and O–H groups in total. The smallest absolute Gasteiger partial charge is 0.408 e. The van der Waals surface area contributed by atoms with E-state index >= 15 is 0 Å². The van der Waals surface area contributed by atoms with Gasteiger partial charge in [-0.15, -0.1) is 0 Å². The molecule has 1 atom stereocenters. The fraction of sp³-hybridized carbons (Fsp3) is 0.444. The number of rotatable bonds is 6. The zero-order chi connectivity index (χ0) is 18.2. The Morgan fingerprint density at radius 2 is 1.79 bits per heavy atom. The fourth-order valence-electron chi connectivity index (χ4n) is 1.90. The summed E-state index contributed by atoms with van der Waals surface area (Å²) in [6.45, 7) is 5.36. The predicted octanol–water partition coefficient (Wildman–Crippen LogP) is 2.86. The molecule has 24 heavy (non-hydrogen) atoms. The first-order valence-electron chi connectivity index (χ1n) is 7.62. The molecule has 1 amide bonds. The van der Waals surface area contributed by atoms with Crippen LogP contribution in [0.1, 0.15) is 26.3 Å². The highest BCUT2D eigenvalue weighted by molar-refractivity contribution is 5.82. The summed E-state index contributed by atoms with van der Waals surface area (Å²) in [5, 5.41) is 2.74. The number of carbonyl (C=O) groups is 2. The quantitative estimate of drug-likeness (QED) is 0.639. The van der Waals surface area contributed by atoms with Crippen molar-refractivity contribution in [3.63, 3.8) is 0 Å². The van der Waals surface area contributed by atoms with E-state index in [1.165, 1.54) is 13.2 Å². The van der Waals surface area contributed by atoms with Crippen LogP contribution in [0.5, 0.6) is 5.75 Å². The minimum absolute atomic E-state index is 0.410. The number of ether oxygens (including phenoxy) is 3. The molecule has 0 saturated heterocycles. The molecule has 0 aliphatic rings. The van der Waals surface area contributed by atoms with Crippen molar-refractivity contribution >= 4 is 12.1 Å². The molecule has 6 heteroatoms. The van der Waals surface area contributed by atoms with Crippen LogP contribution in [0.4, 0.5) is 4.79 Å². The van der Waals surface area contributed by atoms with Crippen molar-refractivity contribution in [1.82, 2.24) is 5.32 Å². The second-order valence-electron chi connectivity index (χ2n) is 6.19. The van der Waals surface area contributed by atoms with E-state index in [0.717, 1.165) is 11.3 Å². The first kappa shape index (κ1) is 19.5. The Balaban J connectivity index is 2.81. The maximum Gasteiger partial charge on any atom is 0.408 e. The van der Waals surface area contributed by atoms with Crippen LogP contribution in [0.2, 0.25) is 0 Å². The minimum atomic E-state index is -0.596. The molecule has 1 aromatic rings. The van der Waals surface area contributed by atoms with Crippen molar-refractivity contribution in [3.05, 3.63) is 42.0 Å². The molecule has 1 aromatic carbocycles. The number of hydrogen-bond acceptors (Lipinski definition) is 5. The number of hydrogen-bond donors (Lipinski definition) is 1. The van der Waals surface area contributed by atoms with Crippen molar-refractivity contribution in [2.24, 2.45) is 0 Å². The van der Waals surface area contributed by atoms with Crippen LogP contribution in [-0.2, 0) is 20.7 Å². The Hall–Kier alpha value is -2.50. The summed E-state index contributed by atoms with van der Waals surface area (Å²) in [6.07, 6.45) is 2.82. The molecule has 0 aliphatic carbocycles. The van der Waals surface area contributed by atoms with Gasteiger partial charge >= 0.3 is 12.1 Å². The number of carbonyl (C=O) groups excluding carboxylic acids is 2. The lowest BCUT2D eigenvalue weighted by Gasteiger charge is -2.22. The Kier molecular flexibility index (Phi) is 7.30. The molecular weight excluding hydrogens is 310 g/mol. The van der Waals surface area contributed by atoms with E-state index < -0.39 is 23.7 Å². The van der Waals surface area contributed by atoms with Gasteiger partial charge in [0.1, 0.15) is 11.4 Å². The maximum atomic E-state index is 12.0. The van der Waals surface area contributed by atoms with E-state index in [1.54, 1.807) is 34.0 Å². The third kappa shape index (κ3) is 7.67. The van der Waals surface area contributed by atoms with Crippen molar-refractivity contribution in [3.8, 4) is 5.75 Å². The summed E-state index contributed by atoms with van der Waals surface area (Å²) in [5.41, 5.74) is 0.382. The average molecular weight is 335 g/mol. The second kappa shape index (κ2) is 8.96. The molecule has 0 bridgehead atoms. The fourth-order valence-corrected chi connectivity index (χ4v) is 1.90. The van der Waals surface area contributed by atoms with Crippen molar-refractivity contribution in [2.75, 3.05) is 14.2 Å². The molecule has 0 saturated carbocycles. The van der Waals surface area contributed by atoms with Gasteiger partial charge in [-0.3, -0.25) is 0 Å². The summed E-state index contributed by atoms with van der Waals surface area (Å²) >= 11 is 0. The van der Waals surface area contributed by atoms with Crippen LogP contribution in [0, 0.1) is 0 Å². The third-order valence-electron chi connectivity index (χ3n) is 2.98. The summed E-state index contributed by atoms with van der Waals surface area (Å²) in [7, 11) is 2.90.